The molecule has 26 heavy (non-hydrogen) atoms. The molecule has 2 aromatic rings. The molecule has 0 bridgehead atoms. The highest BCUT2D eigenvalue weighted by molar-refractivity contribution is 7.89. The lowest BCUT2D eigenvalue weighted by molar-refractivity contribution is 0.142. The summed E-state index contributed by atoms with van der Waals surface area (Å²) in [5, 5.41) is 0.746. The van der Waals surface area contributed by atoms with Crippen molar-refractivity contribution in [3.05, 3.63) is 65.2 Å². The minimum Gasteiger partial charge on any atom is -0.292 e. The summed E-state index contributed by atoms with van der Waals surface area (Å²) in [5.74, 6) is 0. The molecule has 2 aliphatic rings. The Labute approximate surface area is 160 Å². The van der Waals surface area contributed by atoms with E-state index in [1.807, 2.05) is 24.3 Å². The second-order valence-corrected chi connectivity index (χ2v) is 9.66. The third-order valence-electron chi connectivity index (χ3n) is 5.68. The van der Waals surface area contributed by atoms with Gasteiger partial charge in [-0.3, -0.25) is 4.90 Å². The van der Waals surface area contributed by atoms with Crippen molar-refractivity contribution < 1.29 is 8.42 Å². The zero-order valence-corrected chi connectivity index (χ0v) is 16.2. The van der Waals surface area contributed by atoms with Gasteiger partial charge in [-0.25, -0.2) is 8.42 Å². The maximum absolute atomic E-state index is 13.0. The van der Waals surface area contributed by atoms with Crippen molar-refractivity contribution in [2.45, 2.75) is 36.2 Å². The van der Waals surface area contributed by atoms with Crippen LogP contribution < -0.4 is 0 Å². The molecule has 0 saturated carbocycles. The Morgan fingerprint density at radius 2 is 1.81 bits per heavy atom. The Kier molecular flexibility index (Phi) is 4.82. The molecule has 1 atom stereocenters. The van der Waals surface area contributed by atoms with Crippen LogP contribution in [0.4, 0.5) is 0 Å². The lowest BCUT2D eigenvalue weighted by Crippen LogP contribution is -2.46. The first-order valence-electron chi connectivity index (χ1n) is 9.04. The number of rotatable bonds is 4. The summed E-state index contributed by atoms with van der Waals surface area (Å²) in [6.45, 7) is 2.99. The van der Waals surface area contributed by atoms with E-state index >= 15 is 0 Å². The summed E-state index contributed by atoms with van der Waals surface area (Å²) in [6, 6.07) is 16.7. The first kappa shape index (κ1) is 18.0. The summed E-state index contributed by atoms with van der Waals surface area (Å²) in [4.78, 5) is 2.84. The summed E-state index contributed by atoms with van der Waals surface area (Å²) in [6.07, 6.45) is 3.05. The van der Waals surface area contributed by atoms with Crippen LogP contribution in [0.2, 0.25) is 5.02 Å². The van der Waals surface area contributed by atoms with E-state index in [0.717, 1.165) is 37.4 Å². The Morgan fingerprint density at radius 3 is 2.58 bits per heavy atom. The lowest BCUT2D eigenvalue weighted by atomic mass is 9.95. The summed E-state index contributed by atoms with van der Waals surface area (Å²) < 4.78 is 27.6. The second-order valence-electron chi connectivity index (χ2n) is 7.28. The van der Waals surface area contributed by atoms with Crippen molar-refractivity contribution in [2.24, 2.45) is 0 Å². The molecule has 0 N–H and O–H groups in total. The molecule has 0 aliphatic carbocycles. The molecule has 0 unspecified atom stereocenters. The molecule has 2 fully saturated rings. The normalized spacial score (nSPS) is 24.5. The minimum atomic E-state index is -3.42. The van der Waals surface area contributed by atoms with Gasteiger partial charge in [-0.1, -0.05) is 41.9 Å². The first-order valence-corrected chi connectivity index (χ1v) is 10.9. The van der Waals surface area contributed by atoms with Crippen molar-refractivity contribution in [1.29, 1.82) is 0 Å². The molecule has 4 nitrogen and oxygen atoms in total. The van der Waals surface area contributed by atoms with Crippen LogP contribution in [0.1, 0.15) is 24.8 Å². The molecule has 2 saturated heterocycles. The van der Waals surface area contributed by atoms with E-state index < -0.39 is 10.0 Å². The number of hydrogen-bond acceptors (Lipinski definition) is 3. The van der Waals surface area contributed by atoms with Crippen molar-refractivity contribution in [1.82, 2.24) is 9.21 Å². The van der Waals surface area contributed by atoms with E-state index in [4.69, 9.17) is 11.6 Å². The van der Waals surface area contributed by atoms with Gasteiger partial charge in [0, 0.05) is 30.2 Å². The quantitative estimate of drug-likeness (QED) is 0.797. The fourth-order valence-electron chi connectivity index (χ4n) is 4.32. The maximum atomic E-state index is 13.0. The number of likely N-dealkylation sites (tertiary alicyclic amines) is 1. The van der Waals surface area contributed by atoms with Gasteiger partial charge in [-0.15, -0.1) is 0 Å². The monoisotopic (exact) mass is 390 g/mol. The van der Waals surface area contributed by atoms with E-state index in [-0.39, 0.29) is 5.54 Å². The van der Waals surface area contributed by atoms with Crippen LogP contribution in [0, 0.1) is 0 Å². The van der Waals surface area contributed by atoms with Crippen molar-refractivity contribution in [3.8, 4) is 0 Å². The van der Waals surface area contributed by atoms with Crippen LogP contribution in [0.3, 0.4) is 0 Å². The van der Waals surface area contributed by atoms with Gasteiger partial charge in [0.15, 0.2) is 0 Å². The first-order chi connectivity index (χ1) is 12.5. The van der Waals surface area contributed by atoms with E-state index in [1.165, 1.54) is 5.56 Å². The molecule has 6 heteroatoms. The molecule has 2 aliphatic heterocycles. The summed E-state index contributed by atoms with van der Waals surface area (Å²) >= 11 is 6.13. The standard InChI is InChI=1S/C20H23ClN2O2S/c21-18-7-4-6-17(14-18)15-22-12-5-10-20(22)11-13-23(16-20)26(24,25)19-8-2-1-3-9-19/h1-4,6-9,14H,5,10-13,15-16H2/t20-/m1/s1. The maximum Gasteiger partial charge on any atom is 0.243 e. The molecule has 138 valence electrons. The van der Waals surface area contributed by atoms with Crippen LogP contribution >= 0.6 is 11.6 Å². The number of hydrogen-bond donors (Lipinski definition) is 0. The Balaban J connectivity index is 1.54. The molecule has 4 rings (SSSR count). The third-order valence-corrected chi connectivity index (χ3v) is 7.78. The van der Waals surface area contributed by atoms with Gasteiger partial charge < -0.3 is 0 Å². The summed E-state index contributed by atoms with van der Waals surface area (Å²) in [5.41, 5.74) is 1.13. The van der Waals surface area contributed by atoms with Gasteiger partial charge in [0.1, 0.15) is 0 Å². The Morgan fingerprint density at radius 1 is 1.00 bits per heavy atom. The zero-order valence-electron chi connectivity index (χ0n) is 14.6. The van der Waals surface area contributed by atoms with Gasteiger partial charge in [0.25, 0.3) is 0 Å². The molecule has 0 radical (unpaired) electrons. The highest BCUT2D eigenvalue weighted by Crippen LogP contribution is 2.40. The van der Waals surface area contributed by atoms with Gasteiger partial charge in [-0.05, 0) is 55.6 Å². The van der Waals surface area contributed by atoms with Crippen LogP contribution in [0.25, 0.3) is 0 Å². The average Bonchev–Trinajstić information content (AvgIpc) is 3.24. The predicted molar refractivity (Wildman–Crippen MR) is 104 cm³/mol. The van der Waals surface area contributed by atoms with E-state index in [9.17, 15) is 8.42 Å². The molecule has 2 aromatic carbocycles. The van der Waals surface area contributed by atoms with Crippen LogP contribution in [0.15, 0.2) is 59.5 Å². The average molecular weight is 391 g/mol. The predicted octanol–water partition coefficient (Wildman–Crippen LogP) is 3.77. The molecular formula is C20H23ClN2O2S. The van der Waals surface area contributed by atoms with Gasteiger partial charge in [-0.2, -0.15) is 4.31 Å². The number of nitrogens with zero attached hydrogens (tertiary/aromatic N) is 2. The van der Waals surface area contributed by atoms with E-state index in [2.05, 4.69) is 11.0 Å². The minimum absolute atomic E-state index is 0.0514. The van der Waals surface area contributed by atoms with E-state index in [1.54, 1.807) is 28.6 Å². The zero-order chi connectivity index (χ0) is 18.2. The van der Waals surface area contributed by atoms with Crippen molar-refractivity contribution in [3.63, 3.8) is 0 Å². The number of benzene rings is 2. The molecule has 0 aromatic heterocycles. The smallest absolute Gasteiger partial charge is 0.243 e. The van der Waals surface area contributed by atoms with Crippen LogP contribution in [-0.4, -0.2) is 42.8 Å². The molecule has 0 amide bonds. The highest BCUT2D eigenvalue weighted by atomic mass is 35.5. The molecule has 2 heterocycles. The van der Waals surface area contributed by atoms with Crippen molar-refractivity contribution in [2.75, 3.05) is 19.6 Å². The van der Waals surface area contributed by atoms with Gasteiger partial charge in [0.2, 0.25) is 10.0 Å². The lowest BCUT2D eigenvalue weighted by Gasteiger charge is -2.35. The van der Waals surface area contributed by atoms with Crippen LogP contribution in [0.5, 0.6) is 0 Å². The van der Waals surface area contributed by atoms with E-state index in [0.29, 0.717) is 18.0 Å². The highest BCUT2D eigenvalue weighted by Gasteiger charge is 2.48. The summed E-state index contributed by atoms with van der Waals surface area (Å²) in [7, 11) is -3.42. The van der Waals surface area contributed by atoms with Gasteiger partial charge in [0.05, 0.1) is 4.90 Å². The second kappa shape index (κ2) is 6.97. The van der Waals surface area contributed by atoms with Gasteiger partial charge >= 0.3 is 0 Å². The molecule has 1 spiro atoms. The fraction of sp³-hybridized carbons (Fsp3) is 0.400. The Hall–Kier alpha value is -1.40. The Bertz CT molecular complexity index is 888. The SMILES string of the molecule is O=S(=O)(c1ccccc1)N1CC[C@]2(CCCN2Cc2cccc(Cl)c2)C1. The van der Waals surface area contributed by atoms with Crippen LogP contribution in [-0.2, 0) is 16.6 Å². The number of sulfonamides is 1. The third kappa shape index (κ3) is 3.29. The topological polar surface area (TPSA) is 40.6 Å². The van der Waals surface area contributed by atoms with Crippen molar-refractivity contribution >= 4 is 21.6 Å². The largest absolute Gasteiger partial charge is 0.292 e. The molecular weight excluding hydrogens is 368 g/mol. The number of halogens is 1. The fourth-order valence-corrected chi connectivity index (χ4v) is 6.08.